The van der Waals surface area contributed by atoms with E-state index in [-0.39, 0.29) is 11.9 Å². The lowest BCUT2D eigenvalue weighted by molar-refractivity contribution is -0.117. The van der Waals surface area contributed by atoms with E-state index in [4.69, 9.17) is 11.6 Å². The van der Waals surface area contributed by atoms with Crippen molar-refractivity contribution in [3.05, 3.63) is 64.2 Å². The summed E-state index contributed by atoms with van der Waals surface area (Å²) in [4.78, 5) is 14.4. The molecular formula is C19H23ClN2O. The molecule has 0 fully saturated rings. The Morgan fingerprint density at radius 3 is 2.35 bits per heavy atom. The second kappa shape index (κ2) is 7.62. The van der Waals surface area contributed by atoms with Crippen molar-refractivity contribution >= 4 is 23.2 Å². The predicted octanol–water partition coefficient (Wildman–Crippen LogP) is 4.59. The maximum atomic E-state index is 12.4. The van der Waals surface area contributed by atoms with Crippen LogP contribution in [0.2, 0.25) is 5.02 Å². The minimum Gasteiger partial charge on any atom is -0.324 e. The van der Waals surface area contributed by atoms with Crippen LogP contribution in [0.5, 0.6) is 0 Å². The average molecular weight is 331 g/mol. The molecule has 122 valence electrons. The summed E-state index contributed by atoms with van der Waals surface area (Å²) in [7, 11) is 1.93. The molecule has 1 unspecified atom stereocenters. The number of carbonyl (C=O) groups is 1. The van der Waals surface area contributed by atoms with Crippen molar-refractivity contribution in [1.29, 1.82) is 0 Å². The highest BCUT2D eigenvalue weighted by atomic mass is 35.5. The monoisotopic (exact) mass is 330 g/mol. The van der Waals surface area contributed by atoms with Gasteiger partial charge in [-0.25, -0.2) is 0 Å². The Morgan fingerprint density at radius 2 is 1.74 bits per heavy atom. The van der Waals surface area contributed by atoms with Gasteiger partial charge in [0.15, 0.2) is 0 Å². The zero-order valence-electron chi connectivity index (χ0n) is 14.1. The smallest absolute Gasteiger partial charge is 0.238 e. The summed E-state index contributed by atoms with van der Waals surface area (Å²) in [6.45, 7) is 6.35. The van der Waals surface area contributed by atoms with Crippen molar-refractivity contribution in [2.75, 3.05) is 18.9 Å². The van der Waals surface area contributed by atoms with Crippen molar-refractivity contribution in [2.24, 2.45) is 0 Å². The zero-order valence-corrected chi connectivity index (χ0v) is 14.8. The van der Waals surface area contributed by atoms with Gasteiger partial charge in [0.05, 0.1) is 6.54 Å². The van der Waals surface area contributed by atoms with Crippen LogP contribution in [-0.2, 0) is 4.79 Å². The highest BCUT2D eigenvalue weighted by Crippen LogP contribution is 2.26. The van der Waals surface area contributed by atoms with Crippen molar-refractivity contribution in [1.82, 2.24) is 4.90 Å². The first-order chi connectivity index (χ1) is 10.9. The molecule has 23 heavy (non-hydrogen) atoms. The van der Waals surface area contributed by atoms with Gasteiger partial charge in [-0.3, -0.25) is 9.69 Å². The highest BCUT2D eigenvalue weighted by molar-refractivity contribution is 6.31. The van der Waals surface area contributed by atoms with Crippen LogP contribution >= 0.6 is 11.6 Å². The van der Waals surface area contributed by atoms with Gasteiger partial charge in [0.25, 0.3) is 0 Å². The molecule has 0 aliphatic carbocycles. The molecule has 2 aromatic rings. The number of halogens is 1. The predicted molar refractivity (Wildman–Crippen MR) is 97.0 cm³/mol. The number of likely N-dealkylation sites (N-methyl/N-ethyl adjacent to an activating group) is 1. The Kier molecular flexibility index (Phi) is 5.80. The van der Waals surface area contributed by atoms with E-state index in [1.54, 1.807) is 0 Å². The average Bonchev–Trinajstić information content (AvgIpc) is 2.51. The minimum absolute atomic E-state index is 0.0243. The third-order valence-corrected chi connectivity index (χ3v) is 4.50. The Labute approximate surface area is 143 Å². The van der Waals surface area contributed by atoms with Gasteiger partial charge in [-0.15, -0.1) is 0 Å². The summed E-state index contributed by atoms with van der Waals surface area (Å²) < 4.78 is 0. The van der Waals surface area contributed by atoms with E-state index < -0.39 is 0 Å². The fourth-order valence-corrected chi connectivity index (χ4v) is 2.90. The van der Waals surface area contributed by atoms with E-state index in [2.05, 4.69) is 5.32 Å². The normalized spacial score (nSPS) is 12.3. The largest absolute Gasteiger partial charge is 0.324 e. The van der Waals surface area contributed by atoms with Crippen molar-refractivity contribution in [2.45, 2.75) is 26.8 Å². The van der Waals surface area contributed by atoms with Crippen molar-refractivity contribution in [3.8, 4) is 0 Å². The molecular weight excluding hydrogens is 308 g/mol. The number of hydrogen-bond donors (Lipinski definition) is 1. The first kappa shape index (κ1) is 17.5. The minimum atomic E-state index is -0.0243. The Hall–Kier alpha value is -1.84. The SMILES string of the molecule is Cc1cccc(C)c1NC(=O)CN(C)C(C)c1ccccc1Cl. The maximum Gasteiger partial charge on any atom is 0.238 e. The maximum absolute atomic E-state index is 12.4. The first-order valence-corrected chi connectivity index (χ1v) is 8.08. The Balaban J connectivity index is 2.04. The summed E-state index contributed by atoms with van der Waals surface area (Å²) in [6.07, 6.45) is 0. The van der Waals surface area contributed by atoms with Crippen LogP contribution in [0, 0.1) is 13.8 Å². The van der Waals surface area contributed by atoms with Crippen LogP contribution in [0.4, 0.5) is 5.69 Å². The van der Waals surface area contributed by atoms with E-state index in [0.29, 0.717) is 6.54 Å². The molecule has 0 aliphatic heterocycles. The molecule has 0 spiro atoms. The molecule has 2 rings (SSSR count). The van der Waals surface area contributed by atoms with E-state index >= 15 is 0 Å². The Morgan fingerprint density at radius 1 is 1.13 bits per heavy atom. The van der Waals surface area contributed by atoms with Crippen LogP contribution in [0.25, 0.3) is 0 Å². The van der Waals surface area contributed by atoms with Crippen LogP contribution in [0.1, 0.15) is 29.7 Å². The van der Waals surface area contributed by atoms with E-state index in [1.165, 1.54) is 0 Å². The molecule has 4 heteroatoms. The van der Waals surface area contributed by atoms with Crippen LogP contribution in [0.3, 0.4) is 0 Å². The molecule has 0 radical (unpaired) electrons. The summed E-state index contributed by atoms with van der Waals surface area (Å²) in [6, 6.07) is 13.8. The van der Waals surface area contributed by atoms with Gasteiger partial charge in [0, 0.05) is 16.8 Å². The zero-order chi connectivity index (χ0) is 17.0. The molecule has 3 nitrogen and oxygen atoms in total. The number of carbonyl (C=O) groups excluding carboxylic acids is 1. The molecule has 1 amide bonds. The fourth-order valence-electron chi connectivity index (χ4n) is 2.61. The van der Waals surface area contributed by atoms with Crippen molar-refractivity contribution in [3.63, 3.8) is 0 Å². The van der Waals surface area contributed by atoms with Gasteiger partial charge >= 0.3 is 0 Å². The van der Waals surface area contributed by atoms with Crippen molar-refractivity contribution < 1.29 is 4.79 Å². The summed E-state index contributed by atoms with van der Waals surface area (Å²) in [5.74, 6) is -0.0243. The first-order valence-electron chi connectivity index (χ1n) is 7.71. The highest BCUT2D eigenvalue weighted by Gasteiger charge is 2.17. The number of benzene rings is 2. The topological polar surface area (TPSA) is 32.3 Å². The van der Waals surface area contributed by atoms with Crippen LogP contribution < -0.4 is 5.32 Å². The van der Waals surface area contributed by atoms with E-state index in [1.807, 2.05) is 75.2 Å². The molecule has 0 aromatic heterocycles. The number of hydrogen-bond acceptors (Lipinski definition) is 2. The molecule has 0 heterocycles. The Bertz CT molecular complexity index is 679. The third-order valence-electron chi connectivity index (χ3n) is 4.16. The lowest BCUT2D eigenvalue weighted by atomic mass is 10.1. The molecule has 1 N–H and O–H groups in total. The second-order valence-corrected chi connectivity index (χ2v) is 6.33. The molecule has 0 saturated carbocycles. The van der Waals surface area contributed by atoms with E-state index in [9.17, 15) is 4.79 Å². The van der Waals surface area contributed by atoms with Gasteiger partial charge in [-0.1, -0.05) is 48.0 Å². The lowest BCUT2D eigenvalue weighted by Gasteiger charge is -2.25. The number of amides is 1. The summed E-state index contributed by atoms with van der Waals surface area (Å²) >= 11 is 6.24. The van der Waals surface area contributed by atoms with Gasteiger partial charge in [-0.05, 0) is 50.6 Å². The standard InChI is InChI=1S/C19H23ClN2O/c1-13-8-7-9-14(2)19(13)21-18(23)12-22(4)15(3)16-10-5-6-11-17(16)20/h5-11,15H,12H2,1-4H3,(H,21,23). The van der Waals surface area contributed by atoms with Crippen LogP contribution in [0.15, 0.2) is 42.5 Å². The number of anilines is 1. The summed E-state index contributed by atoms with van der Waals surface area (Å²) in [5.41, 5.74) is 4.06. The molecule has 0 aliphatic rings. The lowest BCUT2D eigenvalue weighted by Crippen LogP contribution is -2.32. The van der Waals surface area contributed by atoms with E-state index in [0.717, 1.165) is 27.4 Å². The third kappa shape index (κ3) is 4.34. The number of nitrogens with zero attached hydrogens (tertiary/aromatic N) is 1. The fraction of sp³-hybridized carbons (Fsp3) is 0.316. The number of aryl methyl sites for hydroxylation is 2. The van der Waals surface area contributed by atoms with Gasteiger partial charge in [0.2, 0.25) is 5.91 Å². The number of para-hydroxylation sites is 1. The molecule has 0 saturated heterocycles. The molecule has 2 aromatic carbocycles. The number of rotatable bonds is 5. The second-order valence-electron chi connectivity index (χ2n) is 5.93. The quantitative estimate of drug-likeness (QED) is 0.869. The van der Waals surface area contributed by atoms with Crippen LogP contribution in [-0.4, -0.2) is 24.4 Å². The van der Waals surface area contributed by atoms with Gasteiger partial charge in [0.1, 0.15) is 0 Å². The summed E-state index contributed by atoms with van der Waals surface area (Å²) in [5, 5.41) is 3.74. The van der Waals surface area contributed by atoms with Gasteiger partial charge < -0.3 is 5.32 Å². The number of nitrogens with one attached hydrogen (secondary N) is 1. The molecule has 1 atom stereocenters. The van der Waals surface area contributed by atoms with Gasteiger partial charge in [-0.2, -0.15) is 0 Å². The molecule has 0 bridgehead atoms.